The van der Waals surface area contributed by atoms with Gasteiger partial charge in [0.05, 0.1) is 6.42 Å². The van der Waals surface area contributed by atoms with Crippen LogP contribution in [-0.2, 0) is 23.3 Å². The number of amides is 2. The van der Waals surface area contributed by atoms with Crippen molar-refractivity contribution in [2.45, 2.75) is 18.5 Å². The van der Waals surface area contributed by atoms with E-state index < -0.39 is 5.66 Å². The molecule has 3 heterocycles. The number of carbonyl (C=O) groups is 2. The average Bonchev–Trinajstić information content (AvgIpc) is 3.16. The number of hydrogen-bond acceptors (Lipinski definition) is 3. The molecule has 5 nitrogen and oxygen atoms in total. The summed E-state index contributed by atoms with van der Waals surface area (Å²) in [6, 6.07) is 18.9. The molecule has 0 bridgehead atoms. The van der Waals surface area contributed by atoms with Gasteiger partial charge in [0.2, 0.25) is 5.91 Å². The molecule has 5 rings (SSSR count). The Morgan fingerprint density at radius 3 is 2.60 bits per heavy atom. The summed E-state index contributed by atoms with van der Waals surface area (Å²) in [5, 5.41) is 0.621. The van der Waals surface area contributed by atoms with Crippen LogP contribution in [0.5, 0.6) is 0 Å². The fraction of sp³-hybridized carbons (Fsp3) is 0.208. The fourth-order valence-electron chi connectivity index (χ4n) is 4.70. The van der Waals surface area contributed by atoms with E-state index in [9.17, 15) is 9.59 Å². The van der Waals surface area contributed by atoms with Crippen LogP contribution < -0.4 is 0 Å². The Kier molecular flexibility index (Phi) is 4.55. The standard InChI is InChI=1S/C24H20ClN3O2/c25-20-9-7-19(8-10-20)24-15-18-5-1-2-6-21(18)23(30)28(24)13-12-27(24)22(29)14-17-4-3-11-26-16-17/h1-11,16H,12-15H2. The molecule has 2 aliphatic heterocycles. The second kappa shape index (κ2) is 7.26. The first-order chi connectivity index (χ1) is 14.6. The van der Waals surface area contributed by atoms with Crippen molar-refractivity contribution in [3.8, 4) is 0 Å². The lowest BCUT2D eigenvalue weighted by atomic mass is 9.83. The van der Waals surface area contributed by atoms with Crippen LogP contribution in [0.3, 0.4) is 0 Å². The van der Waals surface area contributed by atoms with Crippen molar-refractivity contribution in [2.24, 2.45) is 0 Å². The maximum atomic E-state index is 13.5. The maximum Gasteiger partial charge on any atom is 0.256 e. The Labute approximate surface area is 179 Å². The van der Waals surface area contributed by atoms with Gasteiger partial charge in [-0.1, -0.05) is 48.0 Å². The number of carbonyl (C=O) groups excluding carboxylic acids is 2. The summed E-state index contributed by atoms with van der Waals surface area (Å²) in [7, 11) is 0. The van der Waals surface area contributed by atoms with Gasteiger partial charge in [-0.05, 0) is 41.0 Å². The van der Waals surface area contributed by atoms with Crippen LogP contribution in [0.15, 0.2) is 73.1 Å². The van der Waals surface area contributed by atoms with Crippen molar-refractivity contribution in [1.82, 2.24) is 14.8 Å². The quantitative estimate of drug-likeness (QED) is 0.653. The second-order valence-corrected chi connectivity index (χ2v) is 8.13. The van der Waals surface area contributed by atoms with Gasteiger partial charge in [-0.25, -0.2) is 0 Å². The number of pyridine rings is 1. The molecule has 2 aromatic carbocycles. The smallest absolute Gasteiger partial charge is 0.256 e. The molecule has 3 aromatic rings. The Morgan fingerprint density at radius 1 is 1.03 bits per heavy atom. The molecule has 1 saturated heterocycles. The Hall–Kier alpha value is -3.18. The number of halogens is 1. The third-order valence-electron chi connectivity index (χ3n) is 6.06. The molecule has 1 fully saturated rings. The highest BCUT2D eigenvalue weighted by Gasteiger charge is 2.55. The summed E-state index contributed by atoms with van der Waals surface area (Å²) < 4.78 is 0. The molecule has 0 radical (unpaired) electrons. The summed E-state index contributed by atoms with van der Waals surface area (Å²) in [6.07, 6.45) is 4.20. The number of hydrogen-bond donors (Lipinski definition) is 0. The minimum atomic E-state index is -0.852. The molecule has 0 saturated carbocycles. The lowest BCUT2D eigenvalue weighted by Gasteiger charge is -2.47. The van der Waals surface area contributed by atoms with Crippen molar-refractivity contribution in [1.29, 1.82) is 0 Å². The molecule has 0 N–H and O–H groups in total. The highest BCUT2D eigenvalue weighted by molar-refractivity contribution is 6.30. The molecule has 2 aliphatic rings. The van der Waals surface area contributed by atoms with Crippen LogP contribution in [0.25, 0.3) is 0 Å². The minimum absolute atomic E-state index is 0.0207. The van der Waals surface area contributed by atoms with E-state index >= 15 is 0 Å². The number of aromatic nitrogens is 1. The molecule has 0 aliphatic carbocycles. The maximum absolute atomic E-state index is 13.5. The van der Waals surface area contributed by atoms with Gasteiger partial charge in [0, 0.05) is 42.5 Å². The van der Waals surface area contributed by atoms with Gasteiger partial charge in [0.15, 0.2) is 0 Å². The fourth-order valence-corrected chi connectivity index (χ4v) is 4.83. The van der Waals surface area contributed by atoms with E-state index in [1.807, 2.05) is 70.5 Å². The molecule has 1 aromatic heterocycles. The molecular formula is C24H20ClN3O2. The summed E-state index contributed by atoms with van der Waals surface area (Å²) >= 11 is 6.14. The first kappa shape index (κ1) is 18.8. The molecule has 2 amide bonds. The van der Waals surface area contributed by atoms with Gasteiger partial charge in [-0.15, -0.1) is 0 Å². The SMILES string of the molecule is O=C(Cc1cccnc1)N1CCN2C(=O)c3ccccc3CC12c1ccc(Cl)cc1. The molecule has 0 spiro atoms. The van der Waals surface area contributed by atoms with E-state index in [4.69, 9.17) is 11.6 Å². The topological polar surface area (TPSA) is 53.5 Å². The third kappa shape index (κ3) is 2.89. The van der Waals surface area contributed by atoms with Crippen LogP contribution in [0.2, 0.25) is 5.02 Å². The zero-order chi connectivity index (χ0) is 20.7. The van der Waals surface area contributed by atoms with Crippen molar-refractivity contribution < 1.29 is 9.59 Å². The highest BCUT2D eigenvalue weighted by Crippen LogP contribution is 2.45. The minimum Gasteiger partial charge on any atom is -0.313 e. The van der Waals surface area contributed by atoms with Gasteiger partial charge in [0.25, 0.3) is 5.91 Å². The van der Waals surface area contributed by atoms with Crippen molar-refractivity contribution in [3.63, 3.8) is 0 Å². The van der Waals surface area contributed by atoms with Crippen LogP contribution in [-0.4, -0.2) is 39.7 Å². The highest BCUT2D eigenvalue weighted by atomic mass is 35.5. The van der Waals surface area contributed by atoms with E-state index in [1.54, 1.807) is 12.4 Å². The Balaban J connectivity index is 1.62. The zero-order valence-corrected chi connectivity index (χ0v) is 17.0. The van der Waals surface area contributed by atoms with E-state index in [0.29, 0.717) is 30.1 Å². The number of nitrogens with zero attached hydrogens (tertiary/aromatic N) is 3. The summed E-state index contributed by atoms with van der Waals surface area (Å²) in [4.78, 5) is 34.7. The predicted molar refractivity (Wildman–Crippen MR) is 114 cm³/mol. The van der Waals surface area contributed by atoms with Gasteiger partial charge >= 0.3 is 0 Å². The van der Waals surface area contributed by atoms with E-state index in [-0.39, 0.29) is 18.2 Å². The first-order valence-electron chi connectivity index (χ1n) is 9.95. The van der Waals surface area contributed by atoms with E-state index in [1.165, 1.54) is 0 Å². The molecule has 30 heavy (non-hydrogen) atoms. The number of fused-ring (bicyclic) bond motifs is 2. The summed E-state index contributed by atoms with van der Waals surface area (Å²) in [6.45, 7) is 0.982. The first-order valence-corrected chi connectivity index (χ1v) is 10.3. The number of rotatable bonds is 3. The van der Waals surface area contributed by atoms with E-state index in [2.05, 4.69) is 4.98 Å². The second-order valence-electron chi connectivity index (χ2n) is 7.70. The number of benzene rings is 2. The normalized spacial score (nSPS) is 20.1. The molecule has 1 atom stereocenters. The van der Waals surface area contributed by atoms with Gasteiger partial charge < -0.3 is 9.80 Å². The van der Waals surface area contributed by atoms with Crippen LogP contribution >= 0.6 is 11.6 Å². The van der Waals surface area contributed by atoms with Crippen LogP contribution in [0.1, 0.15) is 27.0 Å². The zero-order valence-electron chi connectivity index (χ0n) is 16.3. The average molecular weight is 418 g/mol. The van der Waals surface area contributed by atoms with Gasteiger partial charge in [-0.3, -0.25) is 14.6 Å². The summed E-state index contributed by atoms with van der Waals surface area (Å²) in [5.74, 6) is -0.0592. The Morgan fingerprint density at radius 2 is 1.83 bits per heavy atom. The molecule has 6 heteroatoms. The monoisotopic (exact) mass is 417 g/mol. The van der Waals surface area contributed by atoms with Crippen molar-refractivity contribution >= 4 is 23.4 Å². The van der Waals surface area contributed by atoms with Crippen LogP contribution in [0.4, 0.5) is 0 Å². The largest absolute Gasteiger partial charge is 0.313 e. The van der Waals surface area contributed by atoms with Crippen molar-refractivity contribution in [2.75, 3.05) is 13.1 Å². The van der Waals surface area contributed by atoms with Crippen molar-refractivity contribution in [3.05, 3.63) is 100 Å². The lowest BCUT2D eigenvalue weighted by Crippen LogP contribution is -2.58. The molecule has 150 valence electrons. The van der Waals surface area contributed by atoms with Gasteiger partial charge in [-0.2, -0.15) is 0 Å². The van der Waals surface area contributed by atoms with E-state index in [0.717, 1.165) is 16.7 Å². The van der Waals surface area contributed by atoms with Crippen LogP contribution in [0, 0.1) is 0 Å². The molecular weight excluding hydrogens is 398 g/mol. The van der Waals surface area contributed by atoms with Gasteiger partial charge in [0.1, 0.15) is 5.66 Å². The predicted octanol–water partition coefficient (Wildman–Crippen LogP) is 3.67. The molecule has 1 unspecified atom stereocenters. The Bertz CT molecular complexity index is 1120. The summed E-state index contributed by atoms with van der Waals surface area (Å²) in [5.41, 5.74) is 2.56. The third-order valence-corrected chi connectivity index (χ3v) is 6.31. The lowest BCUT2D eigenvalue weighted by molar-refractivity contribution is -0.138.